The van der Waals surface area contributed by atoms with Gasteiger partial charge in [0, 0.05) is 17.5 Å². The molecule has 5 heteroatoms. The number of hydrogen-bond donors (Lipinski definition) is 2. The number of aromatic nitrogens is 2. The van der Waals surface area contributed by atoms with Gasteiger partial charge in [0.15, 0.2) is 0 Å². The van der Waals surface area contributed by atoms with Gasteiger partial charge in [0.2, 0.25) is 0 Å². The van der Waals surface area contributed by atoms with Crippen molar-refractivity contribution in [3.63, 3.8) is 0 Å². The smallest absolute Gasteiger partial charge is 0.148 e. The summed E-state index contributed by atoms with van der Waals surface area (Å²) < 4.78 is 11.8. The molecule has 0 amide bonds. The number of imidazole rings is 1. The fourth-order valence-electron chi connectivity index (χ4n) is 2.91. The van der Waals surface area contributed by atoms with Crippen molar-refractivity contribution in [1.82, 2.24) is 15.3 Å². The van der Waals surface area contributed by atoms with Crippen molar-refractivity contribution in [3.8, 4) is 11.5 Å². The summed E-state index contributed by atoms with van der Waals surface area (Å²) in [5, 5.41) is 3.36. The van der Waals surface area contributed by atoms with Crippen molar-refractivity contribution in [2.75, 3.05) is 20.2 Å². The van der Waals surface area contributed by atoms with Crippen molar-refractivity contribution in [2.24, 2.45) is 0 Å². The fourth-order valence-corrected chi connectivity index (χ4v) is 2.91. The second-order valence-corrected chi connectivity index (χ2v) is 6.27. The van der Waals surface area contributed by atoms with Gasteiger partial charge in [-0.15, -0.1) is 0 Å². The van der Waals surface area contributed by atoms with Crippen LogP contribution >= 0.6 is 0 Å². The average molecular weight is 303 g/mol. The van der Waals surface area contributed by atoms with Crippen LogP contribution in [0.2, 0.25) is 0 Å². The van der Waals surface area contributed by atoms with Crippen LogP contribution in [-0.2, 0) is 0 Å². The highest BCUT2D eigenvalue weighted by molar-refractivity contribution is 5.87. The highest BCUT2D eigenvalue weighted by Gasteiger charge is 2.20. The van der Waals surface area contributed by atoms with E-state index in [2.05, 4.69) is 31.1 Å². The van der Waals surface area contributed by atoms with E-state index in [9.17, 15) is 0 Å². The number of H-pyrrole nitrogens is 1. The first-order chi connectivity index (χ1) is 10.6. The molecule has 5 nitrogen and oxygen atoms in total. The number of aromatic amines is 1. The number of aryl methyl sites for hydroxylation is 1. The van der Waals surface area contributed by atoms with E-state index in [1.165, 1.54) is 0 Å². The number of ether oxygens (including phenoxy) is 2. The first kappa shape index (κ1) is 15.2. The largest absolute Gasteiger partial charge is 0.494 e. The van der Waals surface area contributed by atoms with Crippen LogP contribution in [0.4, 0.5) is 0 Å². The van der Waals surface area contributed by atoms with Crippen LogP contribution in [0.3, 0.4) is 0 Å². The maximum absolute atomic E-state index is 6.23. The van der Waals surface area contributed by atoms with Gasteiger partial charge in [-0.1, -0.05) is 13.8 Å². The van der Waals surface area contributed by atoms with E-state index in [1.807, 2.05) is 6.07 Å². The maximum Gasteiger partial charge on any atom is 0.148 e. The van der Waals surface area contributed by atoms with Gasteiger partial charge in [0.25, 0.3) is 0 Å². The predicted octanol–water partition coefficient (Wildman–Crippen LogP) is 3.13. The highest BCUT2D eigenvalue weighted by atomic mass is 16.5. The monoisotopic (exact) mass is 303 g/mol. The van der Waals surface area contributed by atoms with Gasteiger partial charge in [-0.25, -0.2) is 4.98 Å². The Bertz CT molecular complexity index is 657. The number of fused-ring (bicyclic) bond motifs is 1. The van der Waals surface area contributed by atoms with E-state index < -0.39 is 0 Å². The van der Waals surface area contributed by atoms with Crippen LogP contribution < -0.4 is 14.8 Å². The third kappa shape index (κ3) is 2.77. The molecule has 0 aliphatic carbocycles. The molecule has 0 bridgehead atoms. The SMILES string of the molecule is COc1cc(OC2CCNCC2)c(C)c2nc(C(C)C)[nH]c12. The van der Waals surface area contributed by atoms with E-state index in [0.717, 1.165) is 59.9 Å². The van der Waals surface area contributed by atoms with Crippen LogP contribution in [0.25, 0.3) is 11.0 Å². The molecule has 2 aromatic rings. The zero-order valence-corrected chi connectivity index (χ0v) is 13.8. The molecule has 3 rings (SSSR count). The number of piperidine rings is 1. The van der Waals surface area contributed by atoms with Gasteiger partial charge in [-0.3, -0.25) is 0 Å². The van der Waals surface area contributed by atoms with Crippen molar-refractivity contribution < 1.29 is 9.47 Å². The van der Waals surface area contributed by atoms with E-state index in [4.69, 9.17) is 14.5 Å². The molecule has 22 heavy (non-hydrogen) atoms. The Morgan fingerprint density at radius 3 is 2.59 bits per heavy atom. The topological polar surface area (TPSA) is 59.2 Å². The van der Waals surface area contributed by atoms with E-state index in [0.29, 0.717) is 5.92 Å². The van der Waals surface area contributed by atoms with E-state index >= 15 is 0 Å². The van der Waals surface area contributed by atoms with Crippen LogP contribution in [0.15, 0.2) is 6.07 Å². The molecule has 1 fully saturated rings. The first-order valence-corrected chi connectivity index (χ1v) is 8.04. The summed E-state index contributed by atoms with van der Waals surface area (Å²) in [5.41, 5.74) is 2.99. The summed E-state index contributed by atoms with van der Waals surface area (Å²) in [6.45, 7) is 8.37. The molecule has 0 saturated carbocycles. The normalized spacial score (nSPS) is 16.4. The van der Waals surface area contributed by atoms with Crippen molar-refractivity contribution in [3.05, 3.63) is 17.5 Å². The zero-order valence-electron chi connectivity index (χ0n) is 13.8. The maximum atomic E-state index is 6.23. The summed E-state index contributed by atoms with van der Waals surface area (Å²) in [4.78, 5) is 8.13. The van der Waals surface area contributed by atoms with Gasteiger partial charge < -0.3 is 19.8 Å². The average Bonchev–Trinajstić information content (AvgIpc) is 2.97. The van der Waals surface area contributed by atoms with Crippen LogP contribution in [0.1, 0.15) is 44.0 Å². The lowest BCUT2D eigenvalue weighted by Crippen LogP contribution is -2.34. The van der Waals surface area contributed by atoms with Gasteiger partial charge in [-0.05, 0) is 32.9 Å². The molecule has 0 unspecified atom stereocenters. The third-order valence-corrected chi connectivity index (χ3v) is 4.30. The minimum absolute atomic E-state index is 0.269. The lowest BCUT2D eigenvalue weighted by molar-refractivity contribution is 0.161. The van der Waals surface area contributed by atoms with Crippen molar-refractivity contribution in [2.45, 2.75) is 45.6 Å². The Morgan fingerprint density at radius 2 is 1.95 bits per heavy atom. The van der Waals surface area contributed by atoms with Gasteiger partial charge in [0.1, 0.15) is 28.9 Å². The molecule has 1 aliphatic heterocycles. The molecule has 120 valence electrons. The summed E-state index contributed by atoms with van der Waals surface area (Å²) in [5.74, 6) is 3.02. The number of hydrogen-bond acceptors (Lipinski definition) is 4. The number of rotatable bonds is 4. The molecule has 2 heterocycles. The standard InChI is InChI=1S/C17H25N3O2/c1-10(2)17-19-15-11(3)13(9-14(21-4)16(15)20-17)22-12-5-7-18-8-6-12/h9-10,12,18H,5-8H2,1-4H3,(H,19,20). The van der Waals surface area contributed by atoms with Crippen molar-refractivity contribution in [1.29, 1.82) is 0 Å². The van der Waals surface area contributed by atoms with Gasteiger partial charge in [0.05, 0.1) is 12.6 Å². The molecule has 1 aromatic carbocycles. The Kier molecular flexibility index (Phi) is 4.25. The Balaban J connectivity index is 2.01. The summed E-state index contributed by atoms with van der Waals surface area (Å²) in [6, 6.07) is 1.99. The van der Waals surface area contributed by atoms with Gasteiger partial charge in [-0.2, -0.15) is 0 Å². The second-order valence-electron chi connectivity index (χ2n) is 6.27. The third-order valence-electron chi connectivity index (χ3n) is 4.30. The van der Waals surface area contributed by atoms with Crippen LogP contribution in [0, 0.1) is 6.92 Å². The Hall–Kier alpha value is -1.75. The zero-order chi connectivity index (χ0) is 15.7. The van der Waals surface area contributed by atoms with E-state index in [1.54, 1.807) is 7.11 Å². The van der Waals surface area contributed by atoms with E-state index in [-0.39, 0.29) is 6.10 Å². The number of benzene rings is 1. The van der Waals surface area contributed by atoms with Gasteiger partial charge >= 0.3 is 0 Å². The van der Waals surface area contributed by atoms with Crippen molar-refractivity contribution >= 4 is 11.0 Å². The van der Waals surface area contributed by atoms with Crippen LogP contribution in [0.5, 0.6) is 11.5 Å². The molecule has 1 aliphatic rings. The first-order valence-electron chi connectivity index (χ1n) is 8.04. The quantitative estimate of drug-likeness (QED) is 0.911. The molecule has 0 spiro atoms. The lowest BCUT2D eigenvalue weighted by atomic mass is 10.1. The van der Waals surface area contributed by atoms with Crippen LogP contribution in [-0.4, -0.2) is 36.3 Å². The molecule has 0 atom stereocenters. The molecular formula is C17H25N3O2. The Labute approximate surface area is 131 Å². The number of nitrogens with one attached hydrogen (secondary N) is 2. The number of nitrogens with zero attached hydrogens (tertiary/aromatic N) is 1. The summed E-state index contributed by atoms with van der Waals surface area (Å²) in [7, 11) is 1.69. The minimum Gasteiger partial charge on any atom is -0.494 e. The molecule has 1 aromatic heterocycles. The second kappa shape index (κ2) is 6.16. The minimum atomic E-state index is 0.269. The summed E-state index contributed by atoms with van der Waals surface area (Å²) in [6.07, 6.45) is 2.35. The number of methoxy groups -OCH3 is 1. The fraction of sp³-hybridized carbons (Fsp3) is 0.588. The molecule has 1 saturated heterocycles. The molecular weight excluding hydrogens is 278 g/mol. The summed E-state index contributed by atoms with van der Waals surface area (Å²) >= 11 is 0. The molecule has 0 radical (unpaired) electrons. The lowest BCUT2D eigenvalue weighted by Gasteiger charge is -2.25. The Morgan fingerprint density at radius 1 is 1.23 bits per heavy atom. The predicted molar refractivity (Wildman–Crippen MR) is 88.0 cm³/mol. The highest BCUT2D eigenvalue weighted by Crippen LogP contribution is 2.35. The molecule has 2 N–H and O–H groups in total.